The van der Waals surface area contributed by atoms with Crippen LogP contribution in [0.1, 0.15) is 73.1 Å². The standard InChI is InChI=1S/C41H63N5O13S3/c1-27-33(60-26-44-27)29-13-11-28(12-14-29)22-43-35(48)31-21-30(58-38(51)57-25-41(8,9)61-62(10,52)53)23-46(31)36(49)34(39(2,3)4)45-32(47)24-56-20-19-55-18-17-54-16-15-42-37(50)59-40(5,6)7/h11-14,26,30-31,34H,15-25H2,1-10H3,(H,42,50)(H,43,48)(H,45,47)/t30-,31+,34-/m1/s1. The van der Waals surface area contributed by atoms with Crippen molar-refractivity contribution < 1.29 is 60.8 Å². The number of hydrogen-bond donors (Lipinski definition) is 3. The molecule has 1 fully saturated rings. The Labute approximate surface area is 372 Å². The van der Waals surface area contributed by atoms with Crippen LogP contribution in [-0.4, -0.2) is 142 Å². The van der Waals surface area contributed by atoms with Crippen LogP contribution in [-0.2, 0) is 58.2 Å². The van der Waals surface area contributed by atoms with Gasteiger partial charge in [-0.05, 0) is 68.9 Å². The molecule has 1 aromatic heterocycles. The predicted molar refractivity (Wildman–Crippen MR) is 235 cm³/mol. The molecule has 1 saturated heterocycles. The third-order valence-electron chi connectivity index (χ3n) is 8.76. The maximum Gasteiger partial charge on any atom is 0.508 e. The first-order valence-electron chi connectivity index (χ1n) is 20.1. The van der Waals surface area contributed by atoms with Crippen molar-refractivity contribution in [1.29, 1.82) is 0 Å². The average molecular weight is 930 g/mol. The van der Waals surface area contributed by atoms with Crippen LogP contribution in [0.4, 0.5) is 9.59 Å². The first-order chi connectivity index (χ1) is 28.8. The molecule has 3 atom stereocenters. The summed E-state index contributed by atoms with van der Waals surface area (Å²) in [7, 11) is -2.80. The monoisotopic (exact) mass is 929 g/mol. The van der Waals surface area contributed by atoms with Crippen LogP contribution in [0.25, 0.3) is 10.4 Å². The molecule has 4 amide bonds. The van der Waals surface area contributed by atoms with Crippen molar-refractivity contribution in [2.45, 2.75) is 104 Å². The van der Waals surface area contributed by atoms with Crippen molar-refractivity contribution in [3.63, 3.8) is 0 Å². The molecule has 1 aliphatic heterocycles. The zero-order chi connectivity index (χ0) is 46.3. The first kappa shape index (κ1) is 52.3. The van der Waals surface area contributed by atoms with Crippen LogP contribution >= 0.6 is 22.1 Å². The van der Waals surface area contributed by atoms with E-state index < -0.39 is 72.8 Å². The van der Waals surface area contributed by atoms with E-state index in [0.717, 1.165) is 28.0 Å². The molecule has 62 heavy (non-hydrogen) atoms. The summed E-state index contributed by atoms with van der Waals surface area (Å²) in [5.41, 5.74) is 3.10. The number of ether oxygens (including phenoxy) is 6. The van der Waals surface area contributed by atoms with Gasteiger partial charge in [0, 0.05) is 25.8 Å². The Hall–Kier alpha value is -4.02. The Morgan fingerprint density at radius 2 is 1.55 bits per heavy atom. The predicted octanol–water partition coefficient (Wildman–Crippen LogP) is 4.43. The highest BCUT2D eigenvalue weighted by atomic mass is 33.1. The Morgan fingerprint density at radius 3 is 2.13 bits per heavy atom. The highest BCUT2D eigenvalue weighted by Gasteiger charge is 2.46. The molecule has 2 heterocycles. The summed E-state index contributed by atoms with van der Waals surface area (Å²) in [6.45, 7) is 16.4. The summed E-state index contributed by atoms with van der Waals surface area (Å²) in [5.74, 6) is -1.62. The van der Waals surface area contributed by atoms with E-state index in [1.54, 1.807) is 60.9 Å². The van der Waals surface area contributed by atoms with Crippen LogP contribution < -0.4 is 16.0 Å². The van der Waals surface area contributed by atoms with Crippen LogP contribution in [0.15, 0.2) is 29.8 Å². The topological polar surface area (TPSA) is 227 Å². The van der Waals surface area contributed by atoms with Crippen LogP contribution in [0, 0.1) is 12.3 Å². The highest BCUT2D eigenvalue weighted by molar-refractivity contribution is 8.72. The number of likely N-dealkylation sites (tertiary alicyclic amines) is 1. The van der Waals surface area contributed by atoms with Crippen molar-refractivity contribution in [1.82, 2.24) is 25.8 Å². The van der Waals surface area contributed by atoms with Gasteiger partial charge in [-0.15, -0.1) is 11.3 Å². The van der Waals surface area contributed by atoms with Gasteiger partial charge in [0.1, 0.15) is 37.0 Å². The smallest absolute Gasteiger partial charge is 0.444 e. The number of hydrogen-bond acceptors (Lipinski definition) is 16. The van der Waals surface area contributed by atoms with Gasteiger partial charge in [0.15, 0.2) is 8.87 Å². The van der Waals surface area contributed by atoms with Gasteiger partial charge in [0.05, 0.1) is 60.4 Å². The molecule has 0 unspecified atom stereocenters. The second-order valence-electron chi connectivity index (χ2n) is 17.3. The molecule has 3 N–H and O–H groups in total. The number of aryl methyl sites for hydroxylation is 1. The normalized spacial score (nSPS) is 16.3. The van der Waals surface area contributed by atoms with Gasteiger partial charge in [-0.1, -0.05) is 45.0 Å². The summed E-state index contributed by atoms with van der Waals surface area (Å²) in [6, 6.07) is 5.50. The summed E-state index contributed by atoms with van der Waals surface area (Å²) in [5, 5.41) is 8.26. The molecule has 0 spiro atoms. The first-order valence-corrected chi connectivity index (χ1v) is 24.2. The second kappa shape index (κ2) is 23.6. The number of rotatable bonds is 22. The zero-order valence-electron chi connectivity index (χ0n) is 37.3. The van der Waals surface area contributed by atoms with E-state index >= 15 is 0 Å². The van der Waals surface area contributed by atoms with Gasteiger partial charge in [0.2, 0.25) is 17.7 Å². The quantitative estimate of drug-likeness (QED) is 0.0843. The minimum Gasteiger partial charge on any atom is -0.444 e. The molecule has 1 aromatic carbocycles. The Morgan fingerprint density at radius 1 is 0.919 bits per heavy atom. The fourth-order valence-electron chi connectivity index (χ4n) is 6.03. The van der Waals surface area contributed by atoms with Crippen LogP contribution in [0.3, 0.4) is 0 Å². The van der Waals surface area contributed by atoms with Gasteiger partial charge in [-0.2, -0.15) is 0 Å². The molecule has 21 heteroatoms. The summed E-state index contributed by atoms with van der Waals surface area (Å²) in [4.78, 5) is 72.4. The van der Waals surface area contributed by atoms with E-state index in [9.17, 15) is 32.4 Å². The van der Waals surface area contributed by atoms with Crippen molar-refractivity contribution in [3.05, 3.63) is 41.0 Å². The number of thiazole rings is 1. The molecule has 0 saturated carbocycles. The van der Waals surface area contributed by atoms with Crippen molar-refractivity contribution >= 4 is 61.0 Å². The number of carbonyl (C=O) groups is 5. The van der Waals surface area contributed by atoms with E-state index in [2.05, 4.69) is 20.9 Å². The van der Waals surface area contributed by atoms with Crippen molar-refractivity contribution in [2.75, 3.05) is 65.6 Å². The van der Waals surface area contributed by atoms with Gasteiger partial charge in [-0.3, -0.25) is 14.4 Å². The van der Waals surface area contributed by atoms with E-state index in [1.165, 1.54) is 16.2 Å². The highest BCUT2D eigenvalue weighted by Crippen LogP contribution is 2.31. The van der Waals surface area contributed by atoms with Gasteiger partial charge >= 0.3 is 12.2 Å². The third kappa shape index (κ3) is 19.2. The SMILES string of the molecule is Cc1ncsc1-c1ccc(CNC(=O)[C@@H]2C[C@@H](OC(=O)OCC(C)(C)SS(C)(=O)=O)CN2C(=O)[C@@H](NC(=O)COCCOCCOCCNC(=O)OC(C)(C)C)C(C)(C)C)cc1. The van der Waals surface area contributed by atoms with Crippen LogP contribution in [0.5, 0.6) is 0 Å². The second-order valence-corrected chi connectivity index (χ2v) is 23.2. The van der Waals surface area contributed by atoms with Crippen molar-refractivity contribution in [2.24, 2.45) is 5.41 Å². The maximum atomic E-state index is 14.3. The van der Waals surface area contributed by atoms with E-state index in [1.807, 2.05) is 31.2 Å². The number of carbonyl (C=O) groups excluding carboxylic acids is 5. The van der Waals surface area contributed by atoms with E-state index in [0.29, 0.717) is 10.8 Å². The maximum absolute atomic E-state index is 14.3. The number of nitrogens with one attached hydrogen (secondary N) is 3. The lowest BCUT2D eigenvalue weighted by atomic mass is 9.85. The molecular weight excluding hydrogens is 867 g/mol. The van der Waals surface area contributed by atoms with Crippen LogP contribution in [0.2, 0.25) is 0 Å². The molecule has 0 aliphatic carbocycles. The summed E-state index contributed by atoms with van der Waals surface area (Å²) < 4.78 is 55.0. The fraction of sp³-hybridized carbons (Fsp3) is 0.659. The molecule has 0 radical (unpaired) electrons. The average Bonchev–Trinajstić information content (AvgIpc) is 3.78. The summed E-state index contributed by atoms with van der Waals surface area (Å²) in [6.07, 6.45) is -1.56. The number of benzene rings is 1. The Kier molecular flexibility index (Phi) is 19.9. The number of amides is 4. The number of nitrogens with zero attached hydrogens (tertiary/aromatic N) is 2. The number of aromatic nitrogens is 1. The molecule has 348 valence electrons. The lowest BCUT2D eigenvalue weighted by Gasteiger charge is -2.35. The molecule has 2 aromatic rings. The molecule has 0 bridgehead atoms. The molecule has 18 nitrogen and oxygen atoms in total. The fourth-order valence-corrected chi connectivity index (χ4v) is 10.4. The summed E-state index contributed by atoms with van der Waals surface area (Å²) >= 11 is 1.53. The van der Waals surface area contributed by atoms with Gasteiger partial charge in [0.25, 0.3) is 0 Å². The molecule has 1 aliphatic rings. The minimum atomic E-state index is -3.44. The number of alkyl carbamates (subject to hydrolysis) is 1. The van der Waals surface area contributed by atoms with E-state index in [-0.39, 0.29) is 72.3 Å². The lowest BCUT2D eigenvalue weighted by molar-refractivity contribution is -0.144. The largest absolute Gasteiger partial charge is 0.508 e. The lowest BCUT2D eigenvalue weighted by Crippen LogP contribution is -2.58. The zero-order valence-corrected chi connectivity index (χ0v) is 39.8. The van der Waals surface area contributed by atoms with Gasteiger partial charge in [-0.25, -0.2) is 23.0 Å². The van der Waals surface area contributed by atoms with Gasteiger partial charge < -0.3 is 49.3 Å². The minimum absolute atomic E-state index is 0.0559. The Bertz CT molecular complexity index is 1910. The molecular formula is C41H63N5O13S3. The third-order valence-corrected chi connectivity index (χ3v) is 12.9. The van der Waals surface area contributed by atoms with E-state index in [4.69, 9.17) is 28.4 Å². The van der Waals surface area contributed by atoms with Crippen molar-refractivity contribution in [3.8, 4) is 10.4 Å². The molecule has 3 rings (SSSR count). The Balaban J connectivity index is 1.58.